The molecule has 1 aromatic heterocycles. The lowest BCUT2D eigenvalue weighted by molar-refractivity contribution is -0.385. The highest BCUT2D eigenvalue weighted by atomic mass is 127. The molecule has 1 heterocycles. The number of carbonyl (C=O) groups is 1. The van der Waals surface area contributed by atoms with Crippen molar-refractivity contribution >= 4 is 34.2 Å². The first-order valence-electron chi connectivity index (χ1n) is 3.96. The molecule has 0 fully saturated rings. The number of alkyl halides is 3. The summed E-state index contributed by atoms with van der Waals surface area (Å²) in [5, 5.41) is 19.1. The molecular formula is C7H2F3IN2O5. The van der Waals surface area contributed by atoms with Crippen molar-refractivity contribution in [1.29, 1.82) is 0 Å². The van der Waals surface area contributed by atoms with Crippen LogP contribution >= 0.6 is 22.6 Å². The van der Waals surface area contributed by atoms with Gasteiger partial charge in [0.15, 0.2) is 5.75 Å². The van der Waals surface area contributed by atoms with Gasteiger partial charge in [0.1, 0.15) is 3.70 Å². The second-order valence-corrected chi connectivity index (χ2v) is 3.78. The molecule has 0 aliphatic carbocycles. The Morgan fingerprint density at radius 3 is 2.50 bits per heavy atom. The molecule has 0 aliphatic heterocycles. The first-order chi connectivity index (χ1) is 8.11. The second-order valence-electron chi connectivity index (χ2n) is 2.76. The van der Waals surface area contributed by atoms with E-state index >= 15 is 0 Å². The summed E-state index contributed by atoms with van der Waals surface area (Å²) in [7, 11) is 0. The minimum Gasteiger partial charge on any atom is -0.476 e. The van der Waals surface area contributed by atoms with Crippen LogP contribution in [0.25, 0.3) is 0 Å². The van der Waals surface area contributed by atoms with E-state index in [1.165, 1.54) is 22.6 Å². The third kappa shape index (κ3) is 3.41. The smallest absolute Gasteiger partial charge is 0.476 e. The van der Waals surface area contributed by atoms with Crippen molar-refractivity contribution in [2.75, 3.05) is 0 Å². The summed E-state index contributed by atoms with van der Waals surface area (Å²) < 4.78 is 39.0. The SMILES string of the molecule is O=C(O)c1nc(I)c(OC(F)(F)F)cc1[N+](=O)[O-]. The Morgan fingerprint density at radius 1 is 1.56 bits per heavy atom. The first kappa shape index (κ1) is 14.4. The van der Waals surface area contributed by atoms with E-state index in [0.29, 0.717) is 6.07 Å². The molecule has 18 heavy (non-hydrogen) atoms. The van der Waals surface area contributed by atoms with Crippen LogP contribution < -0.4 is 4.74 Å². The Kier molecular flexibility index (Phi) is 3.93. The van der Waals surface area contributed by atoms with Crippen molar-refractivity contribution in [3.63, 3.8) is 0 Å². The summed E-state index contributed by atoms with van der Waals surface area (Å²) in [6.07, 6.45) is -5.06. The number of carboxylic acid groups (broad SMARTS) is 1. The van der Waals surface area contributed by atoms with Gasteiger partial charge in [-0.15, -0.1) is 13.2 Å². The largest absolute Gasteiger partial charge is 0.573 e. The molecule has 0 saturated heterocycles. The summed E-state index contributed by atoms with van der Waals surface area (Å²) in [5.41, 5.74) is -2.04. The molecule has 0 saturated carbocycles. The van der Waals surface area contributed by atoms with Crippen molar-refractivity contribution in [1.82, 2.24) is 4.98 Å². The molecule has 0 atom stereocenters. The highest BCUT2D eigenvalue weighted by Crippen LogP contribution is 2.31. The van der Waals surface area contributed by atoms with Crippen molar-refractivity contribution in [3.8, 4) is 5.75 Å². The van der Waals surface area contributed by atoms with Crippen LogP contribution in [0.4, 0.5) is 18.9 Å². The average molecular weight is 378 g/mol. The first-order valence-corrected chi connectivity index (χ1v) is 5.03. The molecule has 0 bridgehead atoms. The fourth-order valence-electron chi connectivity index (χ4n) is 0.955. The Balaban J connectivity index is 3.36. The molecule has 1 rings (SSSR count). The number of pyridine rings is 1. The monoisotopic (exact) mass is 378 g/mol. The topological polar surface area (TPSA) is 103 Å². The molecule has 0 aromatic carbocycles. The number of ether oxygens (including phenoxy) is 1. The van der Waals surface area contributed by atoms with Crippen LogP contribution in [0.3, 0.4) is 0 Å². The molecule has 0 radical (unpaired) electrons. The number of nitro groups is 1. The predicted octanol–water partition coefficient (Wildman–Crippen LogP) is 2.19. The van der Waals surface area contributed by atoms with Gasteiger partial charge in [-0.25, -0.2) is 9.78 Å². The maximum Gasteiger partial charge on any atom is 0.573 e. The zero-order chi connectivity index (χ0) is 14.1. The third-order valence-electron chi connectivity index (χ3n) is 1.55. The lowest BCUT2D eigenvalue weighted by atomic mass is 10.3. The number of aromatic carboxylic acids is 1. The highest BCUT2D eigenvalue weighted by molar-refractivity contribution is 14.1. The van der Waals surface area contributed by atoms with E-state index in [2.05, 4.69) is 9.72 Å². The maximum absolute atomic E-state index is 12.0. The quantitative estimate of drug-likeness (QED) is 0.375. The van der Waals surface area contributed by atoms with Gasteiger partial charge in [-0.3, -0.25) is 10.1 Å². The number of hydrogen-bond donors (Lipinski definition) is 1. The van der Waals surface area contributed by atoms with Gasteiger partial charge >= 0.3 is 18.0 Å². The van der Waals surface area contributed by atoms with Crippen molar-refractivity contribution < 1.29 is 32.7 Å². The van der Waals surface area contributed by atoms with Crippen molar-refractivity contribution in [2.45, 2.75) is 6.36 Å². The van der Waals surface area contributed by atoms with Gasteiger partial charge in [0.05, 0.1) is 11.0 Å². The van der Waals surface area contributed by atoms with E-state index in [0.717, 1.165) is 0 Å². The Hall–Kier alpha value is -1.66. The summed E-state index contributed by atoms with van der Waals surface area (Å²) in [6, 6.07) is 0.367. The maximum atomic E-state index is 12.0. The standard InChI is InChI=1S/C7H2F3IN2O5/c8-7(9,10)18-3-1-2(13(16)17)4(6(14)15)12-5(3)11/h1H,(H,14,15). The summed E-state index contributed by atoms with van der Waals surface area (Å²) in [5.74, 6) is -2.65. The van der Waals surface area contributed by atoms with Gasteiger partial charge in [0.2, 0.25) is 5.69 Å². The van der Waals surface area contributed by atoms with E-state index in [-0.39, 0.29) is 0 Å². The molecule has 1 N–H and O–H groups in total. The van der Waals surface area contributed by atoms with Crippen LogP contribution in [0.5, 0.6) is 5.75 Å². The molecule has 1 aromatic rings. The van der Waals surface area contributed by atoms with Crippen LogP contribution in [0.1, 0.15) is 10.5 Å². The van der Waals surface area contributed by atoms with Crippen LogP contribution in [0.15, 0.2) is 6.07 Å². The summed E-state index contributed by atoms with van der Waals surface area (Å²) in [4.78, 5) is 23.2. The minimum atomic E-state index is -5.06. The number of carboxylic acids is 1. The van der Waals surface area contributed by atoms with Crippen LogP contribution in [-0.2, 0) is 0 Å². The minimum absolute atomic E-state index is 0.367. The Bertz CT molecular complexity index is 519. The van der Waals surface area contributed by atoms with E-state index in [1.54, 1.807) is 0 Å². The van der Waals surface area contributed by atoms with Gasteiger partial charge in [0, 0.05) is 0 Å². The number of rotatable bonds is 3. The number of hydrogen-bond acceptors (Lipinski definition) is 5. The molecule has 98 valence electrons. The zero-order valence-electron chi connectivity index (χ0n) is 8.06. The lowest BCUT2D eigenvalue weighted by Crippen LogP contribution is -2.19. The third-order valence-corrected chi connectivity index (χ3v) is 2.32. The average Bonchev–Trinajstić information content (AvgIpc) is 2.17. The van der Waals surface area contributed by atoms with Crippen molar-refractivity contribution in [3.05, 3.63) is 25.6 Å². The summed E-state index contributed by atoms with van der Waals surface area (Å²) in [6.45, 7) is 0. The zero-order valence-corrected chi connectivity index (χ0v) is 10.2. The molecular weight excluding hydrogens is 376 g/mol. The predicted molar refractivity (Wildman–Crippen MR) is 57.3 cm³/mol. The summed E-state index contributed by atoms with van der Waals surface area (Å²) >= 11 is 1.28. The van der Waals surface area contributed by atoms with E-state index in [1.807, 2.05) is 0 Å². The van der Waals surface area contributed by atoms with E-state index < -0.39 is 38.1 Å². The van der Waals surface area contributed by atoms with Gasteiger partial charge in [-0.2, -0.15) is 0 Å². The van der Waals surface area contributed by atoms with E-state index in [9.17, 15) is 28.1 Å². The molecule has 7 nitrogen and oxygen atoms in total. The second kappa shape index (κ2) is 4.91. The molecule has 11 heteroatoms. The number of aromatic nitrogens is 1. The fourth-order valence-corrected chi connectivity index (χ4v) is 1.46. The molecule has 0 amide bonds. The highest BCUT2D eigenvalue weighted by Gasteiger charge is 2.34. The van der Waals surface area contributed by atoms with Crippen LogP contribution in [-0.4, -0.2) is 27.3 Å². The normalized spacial score (nSPS) is 11.1. The molecule has 0 aliphatic rings. The Morgan fingerprint density at radius 2 is 2.11 bits per heavy atom. The van der Waals surface area contributed by atoms with Gasteiger partial charge < -0.3 is 9.84 Å². The van der Waals surface area contributed by atoms with Gasteiger partial charge in [-0.05, 0) is 22.6 Å². The lowest BCUT2D eigenvalue weighted by Gasteiger charge is -2.10. The van der Waals surface area contributed by atoms with Crippen LogP contribution in [0.2, 0.25) is 0 Å². The molecule has 0 spiro atoms. The molecule has 0 unspecified atom stereocenters. The number of nitrogens with zero attached hydrogens (tertiary/aromatic N) is 2. The van der Waals surface area contributed by atoms with Crippen LogP contribution in [0, 0.1) is 13.8 Å². The van der Waals surface area contributed by atoms with Gasteiger partial charge in [0.25, 0.3) is 0 Å². The van der Waals surface area contributed by atoms with E-state index in [4.69, 9.17) is 5.11 Å². The van der Waals surface area contributed by atoms with Gasteiger partial charge in [-0.1, -0.05) is 0 Å². The number of halogens is 4. The fraction of sp³-hybridized carbons (Fsp3) is 0.143. The van der Waals surface area contributed by atoms with Crippen molar-refractivity contribution in [2.24, 2.45) is 0 Å². The Labute approximate surface area is 110 Å².